The summed E-state index contributed by atoms with van der Waals surface area (Å²) >= 11 is 1.05. The van der Waals surface area contributed by atoms with Gasteiger partial charge in [-0.25, -0.2) is 9.59 Å². The maximum absolute atomic E-state index is 12.8. The summed E-state index contributed by atoms with van der Waals surface area (Å²) in [6.07, 6.45) is 1.20. The van der Waals surface area contributed by atoms with Crippen LogP contribution >= 0.6 is 11.3 Å². The Morgan fingerprint density at radius 1 is 1.10 bits per heavy atom. The number of thiophene rings is 1. The molecule has 0 amide bonds. The number of hydrogen-bond donors (Lipinski definition) is 0. The fourth-order valence-electron chi connectivity index (χ4n) is 3.02. The van der Waals surface area contributed by atoms with Crippen molar-refractivity contribution in [3.8, 4) is 0 Å². The number of rotatable bonds is 8. The molecule has 158 valence electrons. The maximum atomic E-state index is 12.8. The zero-order valence-electron chi connectivity index (χ0n) is 16.8. The normalized spacial score (nSPS) is 10.9. The predicted molar refractivity (Wildman–Crippen MR) is 113 cm³/mol. The van der Waals surface area contributed by atoms with Crippen molar-refractivity contribution in [2.45, 2.75) is 32.4 Å². The Labute approximate surface area is 176 Å². The molecule has 0 aliphatic rings. The second-order valence-electron chi connectivity index (χ2n) is 6.72. The molecule has 0 atom stereocenters. The second-order valence-corrected chi connectivity index (χ2v) is 7.75. The molecule has 30 heavy (non-hydrogen) atoms. The molecule has 0 bridgehead atoms. The van der Waals surface area contributed by atoms with Crippen molar-refractivity contribution in [3.63, 3.8) is 0 Å². The summed E-state index contributed by atoms with van der Waals surface area (Å²) in [6.45, 7) is 0.305. The molecule has 0 unspecified atom stereocenters. The van der Waals surface area contributed by atoms with Gasteiger partial charge in [-0.2, -0.15) is 0 Å². The average Bonchev–Trinajstić information content (AvgIpc) is 3.22. The Bertz CT molecular complexity index is 1180. The number of methoxy groups -OCH3 is 1. The highest BCUT2D eigenvalue weighted by atomic mass is 32.1. The number of benzene rings is 1. The minimum Gasteiger partial charge on any atom is -0.469 e. The Hall–Kier alpha value is -3.20. The number of aromatic nitrogens is 2. The smallest absolute Gasteiger partial charge is 0.348 e. The predicted octanol–water partition coefficient (Wildman–Crippen LogP) is 2.46. The fourth-order valence-corrected chi connectivity index (χ4v) is 4.02. The van der Waals surface area contributed by atoms with Crippen LogP contribution in [0.1, 0.15) is 34.5 Å². The number of esters is 2. The molecule has 0 N–H and O–H groups in total. The molecule has 2 heterocycles. The van der Waals surface area contributed by atoms with Gasteiger partial charge in [-0.1, -0.05) is 30.3 Å². The molecule has 0 spiro atoms. The lowest BCUT2D eigenvalue weighted by Crippen LogP contribution is -2.38. The summed E-state index contributed by atoms with van der Waals surface area (Å²) in [6, 6.07) is 10.7. The van der Waals surface area contributed by atoms with E-state index in [1.165, 1.54) is 17.7 Å². The first-order valence-corrected chi connectivity index (χ1v) is 10.2. The first kappa shape index (κ1) is 21.5. The molecule has 0 fully saturated rings. The summed E-state index contributed by atoms with van der Waals surface area (Å²) in [4.78, 5) is 49.7. The maximum Gasteiger partial charge on any atom is 0.348 e. The second kappa shape index (κ2) is 9.53. The van der Waals surface area contributed by atoms with E-state index in [2.05, 4.69) is 4.74 Å². The number of fused-ring (bicyclic) bond motifs is 1. The number of unbranched alkanes of at least 4 members (excludes halogenated alkanes) is 1. The van der Waals surface area contributed by atoms with Crippen LogP contribution in [0.15, 0.2) is 46.0 Å². The van der Waals surface area contributed by atoms with Gasteiger partial charge in [0.25, 0.3) is 5.56 Å². The van der Waals surface area contributed by atoms with E-state index in [1.807, 2.05) is 30.3 Å². The molecule has 0 aliphatic heterocycles. The van der Waals surface area contributed by atoms with E-state index in [9.17, 15) is 19.2 Å². The van der Waals surface area contributed by atoms with Gasteiger partial charge in [0.2, 0.25) is 0 Å². The van der Waals surface area contributed by atoms with E-state index in [1.54, 1.807) is 7.05 Å². The number of ether oxygens (including phenoxy) is 2. The summed E-state index contributed by atoms with van der Waals surface area (Å²) in [5, 5.41) is 0.293. The van der Waals surface area contributed by atoms with Crippen molar-refractivity contribution in [1.29, 1.82) is 0 Å². The fraction of sp³-hybridized carbons (Fsp3) is 0.333. The number of hydrogen-bond acceptors (Lipinski definition) is 7. The molecule has 8 nitrogen and oxygen atoms in total. The summed E-state index contributed by atoms with van der Waals surface area (Å²) < 4.78 is 12.4. The Morgan fingerprint density at radius 3 is 2.53 bits per heavy atom. The summed E-state index contributed by atoms with van der Waals surface area (Å²) in [5.41, 5.74) is -0.0604. The van der Waals surface area contributed by atoms with E-state index in [0.717, 1.165) is 21.5 Å². The van der Waals surface area contributed by atoms with Crippen LogP contribution in [-0.2, 0) is 34.5 Å². The number of carbonyl (C=O) groups excluding carboxylic acids is 2. The van der Waals surface area contributed by atoms with Crippen LogP contribution in [0.2, 0.25) is 0 Å². The van der Waals surface area contributed by atoms with Crippen LogP contribution < -0.4 is 11.2 Å². The van der Waals surface area contributed by atoms with Gasteiger partial charge < -0.3 is 9.47 Å². The quantitative estimate of drug-likeness (QED) is 0.402. The lowest BCUT2D eigenvalue weighted by atomic mass is 10.2. The number of nitrogens with zero attached hydrogens (tertiary/aromatic N) is 2. The van der Waals surface area contributed by atoms with E-state index >= 15 is 0 Å². The Balaban J connectivity index is 1.79. The van der Waals surface area contributed by atoms with Gasteiger partial charge in [0.05, 0.1) is 12.5 Å². The third kappa shape index (κ3) is 4.68. The number of aryl methyl sites for hydroxylation is 1. The van der Waals surface area contributed by atoms with Crippen molar-refractivity contribution >= 4 is 33.5 Å². The van der Waals surface area contributed by atoms with Crippen molar-refractivity contribution in [1.82, 2.24) is 9.13 Å². The lowest BCUT2D eigenvalue weighted by molar-refractivity contribution is -0.140. The van der Waals surface area contributed by atoms with E-state index < -0.39 is 17.2 Å². The molecule has 0 aliphatic carbocycles. The van der Waals surface area contributed by atoms with Gasteiger partial charge in [-0.3, -0.25) is 18.7 Å². The average molecular weight is 430 g/mol. The van der Waals surface area contributed by atoms with Crippen LogP contribution in [0.4, 0.5) is 0 Å². The SMILES string of the molecule is COC(=O)CCCCn1c(=O)c2cc(C(=O)OCc3ccccc3)sc2n(C)c1=O. The highest BCUT2D eigenvalue weighted by molar-refractivity contribution is 7.20. The lowest BCUT2D eigenvalue weighted by Gasteiger charge is -2.08. The van der Waals surface area contributed by atoms with Crippen LogP contribution in [0.3, 0.4) is 0 Å². The largest absolute Gasteiger partial charge is 0.469 e. The first-order valence-electron chi connectivity index (χ1n) is 9.43. The Morgan fingerprint density at radius 2 is 1.83 bits per heavy atom. The molecular formula is C21H22N2O6S. The van der Waals surface area contributed by atoms with Gasteiger partial charge in [0.1, 0.15) is 16.3 Å². The zero-order chi connectivity index (χ0) is 21.7. The topological polar surface area (TPSA) is 96.6 Å². The van der Waals surface area contributed by atoms with E-state index in [4.69, 9.17) is 4.74 Å². The molecule has 0 saturated carbocycles. The Kier molecular flexibility index (Phi) is 6.83. The van der Waals surface area contributed by atoms with Gasteiger partial charge in [-0.05, 0) is 24.5 Å². The first-order chi connectivity index (χ1) is 14.4. The minimum absolute atomic E-state index is 0.122. The van der Waals surface area contributed by atoms with Gasteiger partial charge in [-0.15, -0.1) is 11.3 Å². The zero-order valence-corrected chi connectivity index (χ0v) is 17.6. The highest BCUT2D eigenvalue weighted by Gasteiger charge is 2.18. The molecule has 0 saturated heterocycles. The van der Waals surface area contributed by atoms with Crippen LogP contribution in [0.25, 0.3) is 10.2 Å². The molecule has 2 aromatic heterocycles. The van der Waals surface area contributed by atoms with Gasteiger partial charge in [0.15, 0.2) is 0 Å². The molecule has 0 radical (unpaired) electrons. The van der Waals surface area contributed by atoms with Gasteiger partial charge in [0, 0.05) is 20.0 Å². The third-order valence-corrected chi connectivity index (χ3v) is 5.86. The van der Waals surface area contributed by atoms with Crippen molar-refractivity contribution in [2.24, 2.45) is 7.05 Å². The van der Waals surface area contributed by atoms with Crippen LogP contribution in [0.5, 0.6) is 0 Å². The van der Waals surface area contributed by atoms with Crippen molar-refractivity contribution in [2.75, 3.05) is 7.11 Å². The monoisotopic (exact) mass is 430 g/mol. The van der Waals surface area contributed by atoms with Crippen molar-refractivity contribution in [3.05, 3.63) is 67.7 Å². The highest BCUT2D eigenvalue weighted by Crippen LogP contribution is 2.23. The third-order valence-electron chi connectivity index (χ3n) is 4.66. The molecule has 3 aromatic rings. The van der Waals surface area contributed by atoms with Crippen LogP contribution in [-0.4, -0.2) is 28.2 Å². The minimum atomic E-state index is -0.545. The summed E-state index contributed by atoms with van der Waals surface area (Å²) in [7, 11) is 2.88. The van der Waals surface area contributed by atoms with Crippen molar-refractivity contribution < 1.29 is 19.1 Å². The van der Waals surface area contributed by atoms with E-state index in [0.29, 0.717) is 23.1 Å². The molecule has 9 heteroatoms. The standard InChI is InChI=1S/C21H22N2O6S/c1-22-19-15(18(25)23(21(22)27)11-7-6-10-17(24)28-2)12-16(30-19)20(26)29-13-14-8-4-3-5-9-14/h3-5,8-9,12H,6-7,10-11,13H2,1-2H3. The van der Waals surface area contributed by atoms with Gasteiger partial charge >= 0.3 is 17.6 Å². The van der Waals surface area contributed by atoms with E-state index in [-0.39, 0.29) is 30.4 Å². The molecule has 1 aromatic carbocycles. The summed E-state index contributed by atoms with van der Waals surface area (Å²) in [5.74, 6) is -0.876. The number of carbonyl (C=O) groups is 2. The molecular weight excluding hydrogens is 408 g/mol. The van der Waals surface area contributed by atoms with Crippen LogP contribution in [0, 0.1) is 0 Å². The molecule has 3 rings (SSSR count).